The van der Waals surface area contributed by atoms with Crippen LogP contribution >= 0.6 is 0 Å². The highest BCUT2D eigenvalue weighted by molar-refractivity contribution is 7.89. The third kappa shape index (κ3) is 5.72. The molecule has 3 rings (SSSR count). The minimum absolute atomic E-state index is 0.0328. The summed E-state index contributed by atoms with van der Waals surface area (Å²) in [6.07, 6.45) is -1.21. The first-order valence-corrected chi connectivity index (χ1v) is 11.1. The Kier molecular flexibility index (Phi) is 7.01. The molecule has 1 aliphatic heterocycles. The van der Waals surface area contributed by atoms with Crippen LogP contribution in [0.25, 0.3) is 17.3 Å². The molecule has 11 heteroatoms. The van der Waals surface area contributed by atoms with E-state index in [2.05, 4.69) is 4.98 Å². The second kappa shape index (κ2) is 9.39. The Morgan fingerprint density at radius 3 is 2.69 bits per heavy atom. The summed E-state index contributed by atoms with van der Waals surface area (Å²) in [7, 11) is -2.94. The maximum atomic E-state index is 13.6. The summed E-state index contributed by atoms with van der Waals surface area (Å²) in [4.78, 5) is 15.2. The average Bonchev–Trinajstić information content (AvgIpc) is 3.55. The fraction of sp³-hybridized carbons (Fsp3) is 0.333. The Morgan fingerprint density at radius 1 is 1.34 bits per heavy atom. The number of carbonyl (C=O) groups is 1. The molecule has 172 valence electrons. The van der Waals surface area contributed by atoms with Crippen molar-refractivity contribution in [2.45, 2.75) is 24.1 Å². The summed E-state index contributed by atoms with van der Waals surface area (Å²) in [5.74, 6) is -0.626. The number of ether oxygens (including phenoxy) is 2. The van der Waals surface area contributed by atoms with Crippen molar-refractivity contribution >= 4 is 22.1 Å². The molecule has 0 bridgehead atoms. The van der Waals surface area contributed by atoms with Gasteiger partial charge in [-0.2, -0.15) is 17.5 Å². The molecule has 1 fully saturated rings. The van der Waals surface area contributed by atoms with Gasteiger partial charge >= 0.3 is 12.1 Å². The molecule has 1 aromatic carbocycles. The third-order valence-electron chi connectivity index (χ3n) is 4.60. The quantitative estimate of drug-likeness (QED) is 0.334. The van der Waals surface area contributed by atoms with Crippen LogP contribution in [0.2, 0.25) is 0 Å². The van der Waals surface area contributed by atoms with Gasteiger partial charge in [0.1, 0.15) is 0 Å². The molecule has 2 aromatic rings. The maximum absolute atomic E-state index is 13.6. The monoisotopic (exact) mass is 470 g/mol. The number of hydrogen-bond acceptors (Lipinski definition) is 6. The van der Waals surface area contributed by atoms with Crippen molar-refractivity contribution < 1.29 is 35.9 Å². The van der Waals surface area contributed by atoms with E-state index in [0.29, 0.717) is 18.2 Å². The molecule has 1 atom stereocenters. The van der Waals surface area contributed by atoms with Crippen LogP contribution in [0.3, 0.4) is 0 Å². The van der Waals surface area contributed by atoms with E-state index in [0.717, 1.165) is 22.5 Å². The van der Waals surface area contributed by atoms with Gasteiger partial charge in [-0.05, 0) is 37.3 Å². The Labute approximate surface area is 183 Å². The number of halogens is 3. The zero-order valence-electron chi connectivity index (χ0n) is 17.3. The van der Waals surface area contributed by atoms with Crippen molar-refractivity contribution in [1.29, 1.82) is 0 Å². The number of benzene rings is 1. The van der Waals surface area contributed by atoms with Crippen LogP contribution in [0.1, 0.15) is 18.1 Å². The minimum Gasteiger partial charge on any atom is -0.463 e. The molecule has 0 saturated carbocycles. The highest BCUT2D eigenvalue weighted by Crippen LogP contribution is 2.36. The maximum Gasteiger partial charge on any atom is 0.416 e. The molecule has 0 N–H and O–H groups in total. The van der Waals surface area contributed by atoms with E-state index < -0.39 is 32.6 Å². The molecular weight excluding hydrogens is 449 g/mol. The predicted octanol–water partition coefficient (Wildman–Crippen LogP) is 3.36. The fourth-order valence-corrected chi connectivity index (χ4v) is 4.20. The van der Waals surface area contributed by atoms with Crippen molar-refractivity contribution in [1.82, 2.24) is 9.29 Å². The van der Waals surface area contributed by atoms with Crippen molar-refractivity contribution in [3.05, 3.63) is 53.7 Å². The van der Waals surface area contributed by atoms with Crippen LogP contribution < -0.4 is 0 Å². The first-order chi connectivity index (χ1) is 15.0. The molecule has 0 unspecified atom stereocenters. The van der Waals surface area contributed by atoms with E-state index in [-0.39, 0.29) is 30.5 Å². The number of pyridine rings is 1. The van der Waals surface area contributed by atoms with E-state index in [4.69, 9.17) is 9.47 Å². The normalized spacial score (nSPS) is 16.5. The van der Waals surface area contributed by atoms with E-state index in [1.54, 1.807) is 19.1 Å². The average molecular weight is 470 g/mol. The molecule has 1 aliphatic rings. The van der Waals surface area contributed by atoms with E-state index in [1.165, 1.54) is 19.3 Å². The molecule has 0 spiro atoms. The van der Waals surface area contributed by atoms with Crippen LogP contribution in [-0.2, 0) is 30.5 Å². The molecule has 7 nitrogen and oxygen atoms in total. The van der Waals surface area contributed by atoms with Crippen LogP contribution in [0, 0.1) is 0 Å². The van der Waals surface area contributed by atoms with Gasteiger partial charge < -0.3 is 9.47 Å². The van der Waals surface area contributed by atoms with Crippen molar-refractivity contribution in [3.8, 4) is 11.3 Å². The van der Waals surface area contributed by atoms with E-state index >= 15 is 0 Å². The fourth-order valence-electron chi connectivity index (χ4n) is 2.93. The third-order valence-corrected chi connectivity index (χ3v) is 6.40. The summed E-state index contributed by atoms with van der Waals surface area (Å²) in [5, 5.41) is 0. The smallest absolute Gasteiger partial charge is 0.416 e. The van der Waals surface area contributed by atoms with Gasteiger partial charge in [0.2, 0.25) is 10.0 Å². The zero-order valence-corrected chi connectivity index (χ0v) is 18.1. The summed E-state index contributed by atoms with van der Waals surface area (Å²) < 4.78 is 77.4. The lowest BCUT2D eigenvalue weighted by molar-refractivity contribution is -0.138. The molecule has 1 aromatic heterocycles. The SMILES string of the molecule is CCOC(=O)/C=C/c1cccnc1-c1cc(C(F)(F)F)cc(S(=O)(=O)N(C)C[C@H]2CO2)c1. The second-order valence-electron chi connectivity index (χ2n) is 7.01. The molecule has 32 heavy (non-hydrogen) atoms. The Bertz CT molecular complexity index is 1130. The largest absolute Gasteiger partial charge is 0.463 e. The Morgan fingerprint density at radius 2 is 2.06 bits per heavy atom. The molecule has 0 aliphatic carbocycles. The Hall–Kier alpha value is -2.76. The van der Waals surface area contributed by atoms with Crippen LogP contribution in [0.5, 0.6) is 0 Å². The van der Waals surface area contributed by atoms with Gasteiger partial charge in [0.05, 0.1) is 35.5 Å². The number of rotatable bonds is 8. The van der Waals surface area contributed by atoms with Crippen molar-refractivity contribution in [3.63, 3.8) is 0 Å². The lowest BCUT2D eigenvalue weighted by Gasteiger charge is -2.18. The summed E-state index contributed by atoms with van der Waals surface area (Å²) in [5.41, 5.74) is -0.777. The zero-order chi connectivity index (χ0) is 23.5. The highest BCUT2D eigenvalue weighted by Gasteiger charge is 2.35. The summed E-state index contributed by atoms with van der Waals surface area (Å²) >= 11 is 0. The standard InChI is InChI=1S/C21H21F3N2O5S/c1-3-30-19(27)7-6-14-5-4-8-25-20(14)15-9-16(21(22,23)24)11-18(10-15)32(28,29)26(2)12-17-13-31-17/h4-11,17H,3,12-13H2,1-2H3/b7-6+/t17-/m0/s1. The predicted molar refractivity (Wildman–Crippen MR) is 110 cm³/mol. The van der Waals surface area contributed by atoms with Gasteiger partial charge in [0.15, 0.2) is 0 Å². The van der Waals surface area contributed by atoms with Crippen LogP contribution in [0.4, 0.5) is 13.2 Å². The van der Waals surface area contributed by atoms with Crippen LogP contribution in [-0.4, -0.2) is 56.6 Å². The van der Waals surface area contributed by atoms with Crippen molar-refractivity contribution in [2.75, 3.05) is 26.8 Å². The van der Waals surface area contributed by atoms with E-state index in [1.807, 2.05) is 0 Å². The summed E-state index contributed by atoms with van der Waals surface area (Å²) in [6.45, 7) is 2.23. The van der Waals surface area contributed by atoms with E-state index in [9.17, 15) is 26.4 Å². The van der Waals surface area contributed by atoms with Gasteiger partial charge in [-0.3, -0.25) is 4.98 Å². The molecule has 1 saturated heterocycles. The molecular formula is C21H21F3N2O5S. The van der Waals surface area contributed by atoms with Gasteiger partial charge in [-0.25, -0.2) is 13.2 Å². The number of sulfonamides is 1. The second-order valence-corrected chi connectivity index (χ2v) is 9.06. The number of nitrogens with zero attached hydrogens (tertiary/aromatic N) is 2. The first-order valence-electron chi connectivity index (χ1n) is 9.63. The number of esters is 1. The number of alkyl halides is 3. The lowest BCUT2D eigenvalue weighted by atomic mass is 10.0. The number of epoxide rings is 1. The van der Waals surface area contributed by atoms with Gasteiger partial charge in [-0.1, -0.05) is 6.07 Å². The molecule has 2 heterocycles. The molecule has 0 amide bonds. The topological polar surface area (TPSA) is 89.1 Å². The van der Waals surface area contributed by atoms with Gasteiger partial charge in [0.25, 0.3) is 0 Å². The number of aromatic nitrogens is 1. The highest BCUT2D eigenvalue weighted by atomic mass is 32.2. The number of carbonyl (C=O) groups excluding carboxylic acids is 1. The molecule has 0 radical (unpaired) electrons. The van der Waals surface area contributed by atoms with Crippen LogP contribution in [0.15, 0.2) is 47.5 Å². The number of likely N-dealkylation sites (N-methyl/N-ethyl adjacent to an activating group) is 1. The minimum atomic E-state index is -4.78. The van der Waals surface area contributed by atoms with Gasteiger partial charge in [0, 0.05) is 37.0 Å². The first kappa shape index (κ1) is 23.9. The summed E-state index contributed by atoms with van der Waals surface area (Å²) in [6, 6.07) is 5.65. The van der Waals surface area contributed by atoms with Crippen molar-refractivity contribution in [2.24, 2.45) is 0 Å². The van der Waals surface area contributed by atoms with Gasteiger partial charge in [-0.15, -0.1) is 0 Å². The Balaban J connectivity index is 2.09. The number of hydrogen-bond donors (Lipinski definition) is 0. The lowest BCUT2D eigenvalue weighted by Crippen LogP contribution is -2.30.